The summed E-state index contributed by atoms with van der Waals surface area (Å²) in [6.07, 6.45) is 1.06. The number of halogens is 2. The molecule has 4 heterocycles. The van der Waals surface area contributed by atoms with Crippen LogP contribution in [0.3, 0.4) is 0 Å². The number of piperazine rings is 1. The van der Waals surface area contributed by atoms with Gasteiger partial charge < -0.3 is 14.6 Å². The van der Waals surface area contributed by atoms with Crippen LogP contribution in [0.25, 0.3) is 10.8 Å². The normalized spacial score (nSPS) is 20.2. The summed E-state index contributed by atoms with van der Waals surface area (Å²) in [4.78, 5) is 22.8. The molecule has 2 aliphatic rings. The Morgan fingerprint density at radius 3 is 2.63 bits per heavy atom. The van der Waals surface area contributed by atoms with Crippen LogP contribution in [0.4, 0.5) is 0 Å². The van der Waals surface area contributed by atoms with Gasteiger partial charge in [0.2, 0.25) is 0 Å². The molecule has 150 valence electrons. The summed E-state index contributed by atoms with van der Waals surface area (Å²) < 4.78 is 5.65. The Morgan fingerprint density at radius 2 is 1.96 bits per heavy atom. The topological polar surface area (TPSA) is 61.6 Å². The van der Waals surface area contributed by atoms with Gasteiger partial charge in [-0.25, -0.2) is 4.98 Å². The van der Waals surface area contributed by atoms with E-state index >= 15 is 0 Å². The number of thiazole rings is 1. The molecule has 1 amide bonds. The quantitative estimate of drug-likeness (QED) is 0.807. The lowest BCUT2D eigenvalue weighted by Gasteiger charge is -2.32. The second-order valence-electron chi connectivity index (χ2n) is 6.82. The molecular formula is C18H26Cl2N4O2S. The Balaban J connectivity index is 0.00000131. The summed E-state index contributed by atoms with van der Waals surface area (Å²) in [6.45, 7) is 9.73. The molecule has 2 aliphatic heterocycles. The zero-order valence-electron chi connectivity index (χ0n) is 15.6. The molecule has 9 heteroatoms. The number of aryl methyl sites for hydroxylation is 2. The van der Waals surface area contributed by atoms with E-state index in [0.717, 1.165) is 72.8 Å². The minimum atomic E-state index is 0. The van der Waals surface area contributed by atoms with E-state index in [1.165, 1.54) is 11.3 Å². The maximum atomic E-state index is 13.0. The molecule has 0 bridgehead atoms. The van der Waals surface area contributed by atoms with E-state index in [2.05, 4.69) is 15.2 Å². The van der Waals surface area contributed by atoms with Crippen molar-refractivity contribution in [1.82, 2.24) is 20.1 Å². The van der Waals surface area contributed by atoms with Crippen molar-refractivity contribution < 1.29 is 9.21 Å². The van der Waals surface area contributed by atoms with Crippen LogP contribution in [0.15, 0.2) is 16.5 Å². The summed E-state index contributed by atoms with van der Waals surface area (Å²) in [5.74, 6) is 1.71. The molecule has 2 fully saturated rings. The van der Waals surface area contributed by atoms with Crippen molar-refractivity contribution in [2.45, 2.75) is 26.3 Å². The molecule has 1 N–H and O–H groups in total. The largest absolute Gasteiger partial charge is 0.459 e. The van der Waals surface area contributed by atoms with Gasteiger partial charge in [-0.15, -0.1) is 36.2 Å². The molecule has 4 rings (SSSR count). The predicted octanol–water partition coefficient (Wildman–Crippen LogP) is 2.98. The Hall–Kier alpha value is -1.12. The zero-order valence-corrected chi connectivity index (χ0v) is 18.0. The number of hydrogen-bond donors (Lipinski definition) is 1. The number of rotatable bonds is 3. The second kappa shape index (κ2) is 9.39. The van der Waals surface area contributed by atoms with Crippen molar-refractivity contribution in [1.29, 1.82) is 0 Å². The molecule has 0 spiro atoms. The minimum Gasteiger partial charge on any atom is -0.459 e. The van der Waals surface area contributed by atoms with Crippen LogP contribution in [0, 0.1) is 13.8 Å². The lowest BCUT2D eigenvalue weighted by Crippen LogP contribution is -2.49. The highest BCUT2D eigenvalue weighted by Crippen LogP contribution is 2.31. The van der Waals surface area contributed by atoms with E-state index < -0.39 is 0 Å². The number of hydrogen-bond acceptors (Lipinski definition) is 6. The van der Waals surface area contributed by atoms with Crippen molar-refractivity contribution in [2.75, 3.05) is 39.3 Å². The second-order valence-corrected chi connectivity index (χ2v) is 7.82. The Morgan fingerprint density at radius 1 is 1.22 bits per heavy atom. The molecule has 0 saturated carbocycles. The fourth-order valence-electron chi connectivity index (χ4n) is 3.66. The fraction of sp³-hybridized carbons (Fsp3) is 0.556. The highest BCUT2D eigenvalue weighted by atomic mass is 35.5. The van der Waals surface area contributed by atoms with Crippen molar-refractivity contribution in [2.24, 2.45) is 0 Å². The first kappa shape index (κ1) is 22.2. The van der Waals surface area contributed by atoms with E-state index in [1.807, 2.05) is 30.9 Å². The van der Waals surface area contributed by atoms with Crippen LogP contribution in [0.2, 0.25) is 0 Å². The third-order valence-electron chi connectivity index (χ3n) is 5.06. The van der Waals surface area contributed by atoms with Crippen molar-refractivity contribution in [3.05, 3.63) is 28.5 Å². The van der Waals surface area contributed by atoms with Gasteiger partial charge in [0.05, 0.1) is 5.69 Å². The predicted molar refractivity (Wildman–Crippen MR) is 113 cm³/mol. The van der Waals surface area contributed by atoms with Gasteiger partial charge in [0.25, 0.3) is 5.91 Å². The molecule has 6 nitrogen and oxygen atoms in total. The fourth-order valence-corrected chi connectivity index (χ4v) is 4.66. The molecule has 0 aliphatic carbocycles. The van der Waals surface area contributed by atoms with Gasteiger partial charge in [-0.05, 0) is 32.4 Å². The Labute approximate surface area is 176 Å². The van der Waals surface area contributed by atoms with Gasteiger partial charge in [0.1, 0.15) is 10.6 Å². The third-order valence-corrected chi connectivity index (χ3v) is 6.22. The maximum Gasteiger partial charge on any atom is 0.265 e. The van der Waals surface area contributed by atoms with E-state index in [9.17, 15) is 4.79 Å². The average molecular weight is 433 g/mol. The number of carbonyl (C=O) groups excluding carboxylic acids is 1. The number of carbonyl (C=O) groups is 1. The summed E-state index contributed by atoms with van der Waals surface area (Å²) in [5.41, 5.74) is 0.796. The van der Waals surface area contributed by atoms with Crippen LogP contribution in [-0.2, 0) is 0 Å². The first-order chi connectivity index (χ1) is 12.1. The number of likely N-dealkylation sites (tertiary alicyclic amines) is 1. The van der Waals surface area contributed by atoms with E-state index in [1.54, 1.807) is 0 Å². The van der Waals surface area contributed by atoms with E-state index in [-0.39, 0.29) is 30.7 Å². The SMILES string of the molecule is Cc1ccc(-c2nc(C)c(C(=O)N3CCC(N4CCNCC4)C3)s2)o1.Cl.Cl. The van der Waals surface area contributed by atoms with E-state index in [4.69, 9.17) is 4.42 Å². The third kappa shape index (κ3) is 4.66. The monoisotopic (exact) mass is 432 g/mol. The van der Waals surface area contributed by atoms with E-state index in [0.29, 0.717) is 6.04 Å². The van der Waals surface area contributed by atoms with Crippen LogP contribution in [-0.4, -0.2) is 66.0 Å². The maximum absolute atomic E-state index is 13.0. The number of nitrogens with one attached hydrogen (secondary N) is 1. The van der Waals surface area contributed by atoms with Gasteiger partial charge in [0, 0.05) is 45.3 Å². The van der Waals surface area contributed by atoms with Gasteiger partial charge >= 0.3 is 0 Å². The summed E-state index contributed by atoms with van der Waals surface area (Å²) in [6, 6.07) is 4.33. The number of amides is 1. The smallest absolute Gasteiger partial charge is 0.265 e. The first-order valence-corrected chi connectivity index (χ1v) is 9.72. The molecule has 1 atom stereocenters. The van der Waals surface area contributed by atoms with Crippen LogP contribution in [0.5, 0.6) is 0 Å². The van der Waals surface area contributed by atoms with Gasteiger partial charge in [-0.3, -0.25) is 9.69 Å². The van der Waals surface area contributed by atoms with Gasteiger partial charge in [-0.1, -0.05) is 0 Å². The van der Waals surface area contributed by atoms with Crippen LogP contribution < -0.4 is 5.32 Å². The number of furan rings is 1. The molecular weight excluding hydrogens is 407 g/mol. The first-order valence-electron chi connectivity index (χ1n) is 8.90. The summed E-state index contributed by atoms with van der Waals surface area (Å²) >= 11 is 1.44. The van der Waals surface area contributed by atoms with Gasteiger partial charge in [0.15, 0.2) is 10.8 Å². The summed E-state index contributed by atoms with van der Waals surface area (Å²) in [5, 5.41) is 4.17. The zero-order chi connectivity index (χ0) is 17.4. The van der Waals surface area contributed by atoms with Crippen LogP contribution in [0.1, 0.15) is 27.5 Å². The number of aromatic nitrogens is 1. The standard InChI is InChI=1S/C18H24N4O2S.2ClH/c1-12-3-4-15(24-12)17-20-13(2)16(25-17)18(23)22-8-5-14(11-22)21-9-6-19-7-10-21;;/h3-4,14,19H,5-11H2,1-2H3;2*1H. The van der Waals surface area contributed by atoms with Crippen molar-refractivity contribution >= 4 is 42.1 Å². The van der Waals surface area contributed by atoms with Crippen LogP contribution >= 0.6 is 36.2 Å². The molecule has 2 saturated heterocycles. The molecule has 0 radical (unpaired) electrons. The lowest BCUT2D eigenvalue weighted by atomic mass is 10.2. The highest BCUT2D eigenvalue weighted by molar-refractivity contribution is 7.17. The molecule has 1 unspecified atom stereocenters. The minimum absolute atomic E-state index is 0. The summed E-state index contributed by atoms with van der Waals surface area (Å²) in [7, 11) is 0. The van der Waals surface area contributed by atoms with Crippen molar-refractivity contribution in [3.8, 4) is 10.8 Å². The molecule has 27 heavy (non-hydrogen) atoms. The van der Waals surface area contributed by atoms with Crippen molar-refractivity contribution in [3.63, 3.8) is 0 Å². The Kier molecular flexibility index (Phi) is 7.71. The van der Waals surface area contributed by atoms with Gasteiger partial charge in [-0.2, -0.15) is 0 Å². The average Bonchev–Trinajstić information content (AvgIpc) is 3.34. The number of nitrogens with zero attached hydrogens (tertiary/aromatic N) is 3. The molecule has 0 aromatic carbocycles. The Bertz CT molecular complexity index is 773. The molecule has 2 aromatic heterocycles. The highest BCUT2D eigenvalue weighted by Gasteiger charge is 2.33. The lowest BCUT2D eigenvalue weighted by molar-refractivity contribution is 0.0777. The molecule has 2 aromatic rings.